The van der Waals surface area contributed by atoms with Gasteiger partial charge in [0, 0.05) is 72.8 Å². The maximum absolute atomic E-state index is 5.53. The minimum absolute atomic E-state index is 0.284. The molecule has 0 radical (unpaired) electrons. The van der Waals surface area contributed by atoms with Crippen LogP contribution >= 0.6 is 11.3 Å². The van der Waals surface area contributed by atoms with E-state index in [9.17, 15) is 0 Å². The van der Waals surface area contributed by atoms with Gasteiger partial charge < -0.3 is 24.1 Å². The molecule has 7 heterocycles. The van der Waals surface area contributed by atoms with Crippen molar-refractivity contribution in [1.29, 1.82) is 0 Å². The van der Waals surface area contributed by atoms with Gasteiger partial charge in [0.25, 0.3) is 0 Å². The van der Waals surface area contributed by atoms with Crippen molar-refractivity contribution in [3.8, 4) is 0 Å². The third kappa shape index (κ3) is 51.3. The summed E-state index contributed by atoms with van der Waals surface area (Å²) in [5.74, 6) is 3.63. The number of rotatable bonds is 13. The summed E-state index contributed by atoms with van der Waals surface area (Å²) in [4.78, 5) is 22.1. The largest absolute Gasteiger partial charge is 0.378 e. The third-order valence-corrected chi connectivity index (χ3v) is 12.8. The minimum Gasteiger partial charge on any atom is -0.378 e. The summed E-state index contributed by atoms with van der Waals surface area (Å²) >= 11 is 1.86. The molecule has 0 spiro atoms. The molecule has 1 aliphatic rings. The van der Waals surface area contributed by atoms with Crippen molar-refractivity contribution in [2.45, 2.75) is 249 Å². The summed E-state index contributed by atoms with van der Waals surface area (Å²) in [7, 11) is 4.23. The standard InChI is InChI=1S/C10H16S.2C9H16N2.C9H15NO.C9H13N.C9H18O.C8H14N2.C7H17N/c1-10(2,3)7-6-9-5-4-8-11-9;1-7-5-8(11-10-7)6-9(2,3)4;1-9(2,3)5-4-8-6-10-7-11-8;1-7-5-8(11-10-7)6-9(2,3)4;1-8(2)6-9-4-3-5-10-7-9;1-9(2,3)7-8-5-4-6-10-8;1-8(2,3)6-7-9-4-5-10-7;1-7(2)5-6-8(3)4/h4-5,8H,6-7H2,1-3H3;5H,6H2,1-4H3,(H,10,11);6-7H,4-5H2,1-3H3,(H,10,11);5H,6H2,1-4H3;3-5,7-8H,6H2,1-2H3;8H,4-7H2,1-3H3;4-5H,6H2,1-3H3,(H,9,10);7H,5-6H2,1-4H3. The number of aryl methyl sites for hydroxylation is 4. The van der Waals surface area contributed by atoms with E-state index < -0.39 is 0 Å². The van der Waals surface area contributed by atoms with Gasteiger partial charge in [0.1, 0.15) is 11.6 Å². The van der Waals surface area contributed by atoms with E-state index in [1.165, 1.54) is 67.6 Å². The highest BCUT2D eigenvalue weighted by Gasteiger charge is 2.22. The predicted octanol–water partition coefficient (Wildman–Crippen LogP) is 19.5. The van der Waals surface area contributed by atoms with Crippen molar-refractivity contribution in [3.63, 3.8) is 0 Å². The molecule has 1 saturated heterocycles. The molecule has 1 aliphatic heterocycles. The highest BCUT2D eigenvalue weighted by Crippen LogP contribution is 2.28. The summed E-state index contributed by atoms with van der Waals surface area (Å²) in [6.07, 6.45) is 25.6. The number of H-pyrrole nitrogens is 3. The van der Waals surface area contributed by atoms with E-state index in [1.54, 1.807) is 12.5 Å². The van der Waals surface area contributed by atoms with E-state index in [0.717, 1.165) is 79.2 Å². The Morgan fingerprint density at radius 1 is 0.683 bits per heavy atom. The van der Waals surface area contributed by atoms with Crippen LogP contribution in [-0.2, 0) is 43.3 Å². The van der Waals surface area contributed by atoms with Gasteiger partial charge in [0.2, 0.25) is 0 Å². The average molecular weight is 1160 g/mol. The van der Waals surface area contributed by atoms with E-state index in [0.29, 0.717) is 33.2 Å². The lowest BCUT2D eigenvalue weighted by molar-refractivity contribution is 0.0763. The number of ether oxygens (including phenoxy) is 1. The predicted molar refractivity (Wildman–Crippen MR) is 355 cm³/mol. The van der Waals surface area contributed by atoms with Gasteiger partial charge in [-0.3, -0.25) is 10.1 Å². The Morgan fingerprint density at radius 3 is 1.71 bits per heavy atom. The van der Waals surface area contributed by atoms with E-state index in [-0.39, 0.29) is 5.41 Å². The van der Waals surface area contributed by atoms with Crippen molar-refractivity contribution in [2.75, 3.05) is 27.2 Å². The lowest BCUT2D eigenvalue weighted by Gasteiger charge is -2.21. The average Bonchev–Trinajstić information content (AvgIpc) is 4.19. The first kappa shape index (κ1) is 77.6. The van der Waals surface area contributed by atoms with Crippen molar-refractivity contribution < 1.29 is 9.26 Å². The van der Waals surface area contributed by atoms with Crippen LogP contribution < -0.4 is 0 Å². The minimum atomic E-state index is 0.284. The molecule has 0 bridgehead atoms. The molecule has 82 heavy (non-hydrogen) atoms. The zero-order chi connectivity index (χ0) is 62.8. The van der Waals surface area contributed by atoms with Gasteiger partial charge in [-0.15, -0.1) is 11.3 Å². The molecular weight excluding hydrogens is 1030 g/mol. The highest BCUT2D eigenvalue weighted by atomic mass is 32.1. The second-order valence-electron chi connectivity index (χ2n) is 30.8. The molecule has 12 heteroatoms. The van der Waals surface area contributed by atoms with Gasteiger partial charge in [-0.2, -0.15) is 5.10 Å². The molecule has 1 unspecified atom stereocenters. The van der Waals surface area contributed by atoms with Crippen LogP contribution in [0.15, 0.2) is 83.6 Å². The topological polar surface area (TPSA) is 137 Å². The van der Waals surface area contributed by atoms with Gasteiger partial charge in [0.05, 0.1) is 23.8 Å². The lowest BCUT2D eigenvalue weighted by Crippen LogP contribution is -2.16. The zero-order valence-electron chi connectivity index (χ0n) is 57.5. The summed E-state index contributed by atoms with van der Waals surface area (Å²) in [6, 6.07) is 12.5. The van der Waals surface area contributed by atoms with Gasteiger partial charge in [-0.1, -0.05) is 170 Å². The molecule has 11 nitrogen and oxygen atoms in total. The van der Waals surface area contributed by atoms with Gasteiger partial charge in [-0.05, 0) is 172 Å². The number of nitrogens with zero attached hydrogens (tertiary/aromatic N) is 6. The first-order chi connectivity index (χ1) is 37.7. The van der Waals surface area contributed by atoms with Crippen molar-refractivity contribution in [1.82, 2.24) is 45.2 Å². The molecule has 0 aliphatic carbocycles. The van der Waals surface area contributed by atoms with Crippen LogP contribution in [0.3, 0.4) is 0 Å². The van der Waals surface area contributed by atoms with E-state index >= 15 is 0 Å². The van der Waals surface area contributed by atoms with Crippen LogP contribution in [-0.4, -0.2) is 78.5 Å². The second kappa shape index (κ2) is 39.3. The Bertz CT molecular complexity index is 2240. The van der Waals surface area contributed by atoms with Crippen molar-refractivity contribution in [2.24, 2.45) is 44.3 Å². The van der Waals surface area contributed by atoms with E-state index in [2.05, 4.69) is 241 Å². The summed E-state index contributed by atoms with van der Waals surface area (Å²) in [6.45, 7) is 55.4. The van der Waals surface area contributed by atoms with Gasteiger partial charge in [0.15, 0.2) is 0 Å². The normalized spacial score (nSPS) is 13.5. The quantitative estimate of drug-likeness (QED) is 0.104. The fourth-order valence-corrected chi connectivity index (χ4v) is 8.62. The number of imidazole rings is 2. The SMILES string of the molecule is CC(C)(C)CC1CCCO1.CC(C)(C)CCc1cccs1.CC(C)(C)CCc1cnc[nH]1.CC(C)(C)Cc1ncc[nH]1.CC(C)CCN(C)C.CC(C)Cc1cccnc1.Cc1cc(CC(C)(C)C)n[nH]1.Cc1cc(CC(C)(C)C)on1. The van der Waals surface area contributed by atoms with E-state index in [4.69, 9.17) is 9.26 Å². The summed E-state index contributed by atoms with van der Waals surface area (Å²) in [5, 5.41) is 13.1. The molecule has 468 valence electrons. The molecule has 1 fully saturated rings. The number of hydrogen-bond acceptors (Lipinski definition) is 9. The molecular formula is C70H125N9O2S. The van der Waals surface area contributed by atoms with Crippen LogP contribution in [0, 0.1) is 58.2 Å². The Labute approximate surface area is 508 Å². The number of aromatic nitrogens is 8. The molecule has 0 saturated carbocycles. The van der Waals surface area contributed by atoms with Crippen molar-refractivity contribution >= 4 is 11.3 Å². The zero-order valence-corrected chi connectivity index (χ0v) is 58.4. The molecule has 0 aromatic carbocycles. The Morgan fingerprint density at radius 2 is 1.32 bits per heavy atom. The second-order valence-corrected chi connectivity index (χ2v) is 31.9. The van der Waals surface area contributed by atoms with Gasteiger partial charge in [-0.25, -0.2) is 9.97 Å². The smallest absolute Gasteiger partial charge is 0.137 e. The fraction of sp³-hybridized carbons (Fsp3) is 0.700. The van der Waals surface area contributed by atoms with E-state index in [1.807, 2.05) is 62.1 Å². The first-order valence-corrected chi connectivity index (χ1v) is 31.6. The van der Waals surface area contributed by atoms with Crippen LogP contribution in [0.4, 0.5) is 0 Å². The summed E-state index contributed by atoms with van der Waals surface area (Å²) < 4.78 is 10.6. The number of pyridine rings is 1. The number of aromatic amines is 3. The third-order valence-electron chi connectivity index (χ3n) is 11.9. The number of hydrogen-bond donors (Lipinski definition) is 3. The Balaban J connectivity index is 0.000000916. The molecule has 3 N–H and O–H groups in total. The summed E-state index contributed by atoms with van der Waals surface area (Å²) in [5.41, 5.74) is 8.12. The highest BCUT2D eigenvalue weighted by molar-refractivity contribution is 7.09. The monoisotopic (exact) mass is 1160 g/mol. The fourth-order valence-electron chi connectivity index (χ4n) is 7.91. The van der Waals surface area contributed by atoms with Crippen molar-refractivity contribution in [3.05, 3.63) is 124 Å². The maximum atomic E-state index is 5.53. The molecule has 6 aromatic rings. The van der Waals surface area contributed by atoms with Crippen LogP contribution in [0.1, 0.15) is 236 Å². The molecule has 7 rings (SSSR count). The van der Waals surface area contributed by atoms with Crippen LogP contribution in [0.25, 0.3) is 0 Å². The Hall–Kier alpha value is -4.39. The first-order valence-electron chi connectivity index (χ1n) is 30.7. The van der Waals surface area contributed by atoms with Gasteiger partial charge >= 0.3 is 0 Å². The number of thiophene rings is 1. The van der Waals surface area contributed by atoms with Crippen LogP contribution in [0.2, 0.25) is 0 Å². The maximum Gasteiger partial charge on any atom is 0.137 e. The lowest BCUT2D eigenvalue weighted by atomic mass is 9.88. The molecule has 1 atom stereocenters. The number of nitrogens with one attached hydrogen (secondary N) is 3. The Kier molecular flexibility index (Phi) is 37.2. The molecule has 0 amide bonds. The molecule has 6 aromatic heterocycles. The van der Waals surface area contributed by atoms with Crippen LogP contribution in [0.5, 0.6) is 0 Å².